The maximum Gasteiger partial charge on any atom is 0.277 e. The maximum absolute atomic E-state index is 12.1. The van der Waals surface area contributed by atoms with Crippen LogP contribution in [0.4, 0.5) is 0 Å². The van der Waals surface area contributed by atoms with E-state index in [9.17, 15) is 4.79 Å². The summed E-state index contributed by atoms with van der Waals surface area (Å²) in [6, 6.07) is 17.5. The van der Waals surface area contributed by atoms with E-state index in [0.29, 0.717) is 11.1 Å². The molecule has 0 bridgehead atoms. The van der Waals surface area contributed by atoms with Crippen molar-refractivity contribution in [3.63, 3.8) is 0 Å². The Hall–Kier alpha value is -2.80. The van der Waals surface area contributed by atoms with Gasteiger partial charge in [0.1, 0.15) is 5.75 Å². The van der Waals surface area contributed by atoms with Crippen molar-refractivity contribution in [2.75, 3.05) is 5.75 Å². The van der Waals surface area contributed by atoms with Gasteiger partial charge in [-0.3, -0.25) is 4.79 Å². The summed E-state index contributed by atoms with van der Waals surface area (Å²) in [6.07, 6.45) is 0. The molecule has 1 atom stereocenters. The maximum atomic E-state index is 12.1. The van der Waals surface area contributed by atoms with Crippen LogP contribution in [0.2, 0.25) is 0 Å². The van der Waals surface area contributed by atoms with Crippen LogP contribution >= 0.6 is 11.8 Å². The highest BCUT2D eigenvalue weighted by atomic mass is 32.2. The first-order chi connectivity index (χ1) is 13.1. The van der Waals surface area contributed by atoms with Gasteiger partial charge < -0.3 is 14.5 Å². The van der Waals surface area contributed by atoms with E-state index >= 15 is 0 Å². The van der Waals surface area contributed by atoms with Gasteiger partial charge in [0.05, 0.1) is 11.8 Å². The summed E-state index contributed by atoms with van der Waals surface area (Å²) < 4.78 is 11.1. The van der Waals surface area contributed by atoms with E-state index in [2.05, 4.69) is 15.5 Å². The zero-order chi connectivity index (χ0) is 19.1. The Morgan fingerprint density at radius 1 is 1.19 bits per heavy atom. The van der Waals surface area contributed by atoms with E-state index in [-0.39, 0.29) is 24.3 Å². The summed E-state index contributed by atoms with van der Waals surface area (Å²) in [5.41, 5.74) is 2.18. The molecule has 0 saturated carbocycles. The molecule has 0 saturated heterocycles. The van der Waals surface area contributed by atoms with Crippen molar-refractivity contribution in [1.82, 2.24) is 15.5 Å². The Morgan fingerprint density at radius 2 is 2.00 bits per heavy atom. The first-order valence-electron chi connectivity index (χ1n) is 8.59. The lowest BCUT2D eigenvalue weighted by atomic mass is 10.1. The van der Waals surface area contributed by atoms with E-state index in [1.165, 1.54) is 11.8 Å². The SMILES string of the molecule is Cc1cccc(OCc2nnc(SCC(=O)N[C@H](C)c3ccccc3)o2)c1. The molecule has 7 heteroatoms. The van der Waals surface area contributed by atoms with Crippen molar-refractivity contribution < 1.29 is 13.9 Å². The lowest BCUT2D eigenvalue weighted by Gasteiger charge is -2.13. The Morgan fingerprint density at radius 3 is 2.78 bits per heavy atom. The molecule has 6 nitrogen and oxygen atoms in total. The number of thioether (sulfide) groups is 1. The van der Waals surface area contributed by atoms with Crippen LogP contribution in [0.15, 0.2) is 64.2 Å². The number of nitrogens with one attached hydrogen (secondary N) is 1. The number of hydrogen-bond donors (Lipinski definition) is 1. The van der Waals surface area contributed by atoms with E-state index in [1.54, 1.807) is 0 Å². The standard InChI is InChI=1S/C20H21N3O3S/c1-14-7-6-10-17(11-14)25-12-19-22-23-20(26-19)27-13-18(24)21-15(2)16-8-4-3-5-9-16/h3-11,15H,12-13H2,1-2H3,(H,21,24)/t15-/m1/s1. The average Bonchev–Trinajstić information content (AvgIpc) is 3.13. The zero-order valence-electron chi connectivity index (χ0n) is 15.2. The molecule has 0 fully saturated rings. The van der Waals surface area contributed by atoms with Gasteiger partial charge in [0.15, 0.2) is 6.61 Å². The van der Waals surface area contributed by atoms with Crippen molar-refractivity contribution in [1.29, 1.82) is 0 Å². The Labute approximate surface area is 162 Å². The predicted octanol–water partition coefficient (Wildman–Crippen LogP) is 3.93. The molecular formula is C20H21N3O3S. The number of aromatic nitrogens is 2. The number of aryl methyl sites for hydroxylation is 1. The topological polar surface area (TPSA) is 77.2 Å². The number of ether oxygens (including phenoxy) is 1. The van der Waals surface area contributed by atoms with E-state index < -0.39 is 0 Å². The van der Waals surface area contributed by atoms with Gasteiger partial charge in [0.25, 0.3) is 11.1 Å². The number of hydrogen-bond acceptors (Lipinski definition) is 6. The first kappa shape index (κ1) is 19.0. The highest BCUT2D eigenvalue weighted by Gasteiger charge is 2.13. The van der Waals surface area contributed by atoms with Gasteiger partial charge in [-0.25, -0.2) is 0 Å². The number of carbonyl (C=O) groups excluding carboxylic acids is 1. The summed E-state index contributed by atoms with van der Waals surface area (Å²) in [4.78, 5) is 12.1. The van der Waals surface area contributed by atoms with Crippen LogP contribution in [0.5, 0.6) is 5.75 Å². The fourth-order valence-corrected chi connectivity index (χ4v) is 3.03. The smallest absolute Gasteiger partial charge is 0.277 e. The molecule has 0 radical (unpaired) electrons. The van der Waals surface area contributed by atoms with Gasteiger partial charge >= 0.3 is 0 Å². The number of amides is 1. The first-order valence-corrected chi connectivity index (χ1v) is 9.57. The number of benzene rings is 2. The molecule has 0 aliphatic heterocycles. The number of nitrogens with zero attached hydrogens (tertiary/aromatic N) is 2. The average molecular weight is 383 g/mol. The zero-order valence-corrected chi connectivity index (χ0v) is 16.0. The van der Waals surface area contributed by atoms with Crippen LogP contribution in [0, 0.1) is 6.92 Å². The predicted molar refractivity (Wildman–Crippen MR) is 104 cm³/mol. The second-order valence-electron chi connectivity index (χ2n) is 6.06. The monoisotopic (exact) mass is 383 g/mol. The van der Waals surface area contributed by atoms with Crippen molar-refractivity contribution in [3.05, 3.63) is 71.6 Å². The lowest BCUT2D eigenvalue weighted by molar-refractivity contribution is -0.119. The summed E-state index contributed by atoms with van der Waals surface area (Å²) in [6.45, 7) is 4.14. The summed E-state index contributed by atoms with van der Waals surface area (Å²) in [7, 11) is 0. The van der Waals surface area contributed by atoms with Crippen LogP contribution in [0.25, 0.3) is 0 Å². The van der Waals surface area contributed by atoms with E-state index in [4.69, 9.17) is 9.15 Å². The van der Waals surface area contributed by atoms with Crippen molar-refractivity contribution >= 4 is 17.7 Å². The molecule has 0 aliphatic carbocycles. The summed E-state index contributed by atoms with van der Waals surface area (Å²) in [5, 5.41) is 11.2. The third kappa shape index (κ3) is 5.86. The highest BCUT2D eigenvalue weighted by molar-refractivity contribution is 7.99. The molecule has 0 spiro atoms. The lowest BCUT2D eigenvalue weighted by Crippen LogP contribution is -2.28. The molecular weight excluding hydrogens is 362 g/mol. The third-order valence-corrected chi connectivity index (χ3v) is 4.62. The molecule has 2 aromatic carbocycles. The fourth-order valence-electron chi connectivity index (χ4n) is 2.44. The minimum absolute atomic E-state index is 0.0553. The Bertz CT molecular complexity index is 883. The molecule has 1 aromatic heterocycles. The molecule has 1 heterocycles. The molecule has 0 unspecified atom stereocenters. The molecule has 27 heavy (non-hydrogen) atoms. The van der Waals surface area contributed by atoms with E-state index in [0.717, 1.165) is 16.9 Å². The van der Waals surface area contributed by atoms with E-state index in [1.807, 2.05) is 68.4 Å². The molecule has 1 amide bonds. The van der Waals surface area contributed by atoms with Crippen LogP contribution < -0.4 is 10.1 Å². The van der Waals surface area contributed by atoms with Crippen molar-refractivity contribution in [2.24, 2.45) is 0 Å². The number of rotatable bonds is 8. The quantitative estimate of drug-likeness (QED) is 0.594. The van der Waals surface area contributed by atoms with Crippen molar-refractivity contribution in [3.8, 4) is 5.75 Å². The molecule has 140 valence electrons. The van der Waals surface area contributed by atoms with Gasteiger partial charge in [0, 0.05) is 0 Å². The van der Waals surface area contributed by atoms with Crippen LogP contribution in [-0.2, 0) is 11.4 Å². The Balaban J connectivity index is 1.44. The van der Waals surface area contributed by atoms with Gasteiger partial charge in [-0.1, -0.05) is 54.2 Å². The normalized spacial score (nSPS) is 11.8. The van der Waals surface area contributed by atoms with Gasteiger partial charge in [-0.05, 0) is 37.1 Å². The summed E-state index contributed by atoms with van der Waals surface area (Å²) in [5.74, 6) is 1.23. The van der Waals surface area contributed by atoms with Gasteiger partial charge in [-0.2, -0.15) is 0 Å². The summed E-state index contributed by atoms with van der Waals surface area (Å²) >= 11 is 1.20. The van der Waals surface area contributed by atoms with Crippen molar-refractivity contribution in [2.45, 2.75) is 31.7 Å². The van der Waals surface area contributed by atoms with Crippen LogP contribution in [0.1, 0.15) is 30.0 Å². The van der Waals surface area contributed by atoms with Crippen LogP contribution in [0.3, 0.4) is 0 Å². The molecule has 3 rings (SSSR count). The second kappa shape index (κ2) is 9.23. The van der Waals surface area contributed by atoms with Crippen LogP contribution in [-0.4, -0.2) is 21.9 Å². The minimum Gasteiger partial charge on any atom is -0.484 e. The van der Waals surface area contributed by atoms with Gasteiger partial charge in [-0.15, -0.1) is 10.2 Å². The van der Waals surface area contributed by atoms with Gasteiger partial charge in [0.2, 0.25) is 5.91 Å². The minimum atomic E-state index is -0.0906. The Kier molecular flexibility index (Phi) is 6.49. The molecule has 1 N–H and O–H groups in total. The third-order valence-electron chi connectivity index (χ3n) is 3.80. The molecule has 3 aromatic rings. The highest BCUT2D eigenvalue weighted by Crippen LogP contribution is 2.19. The fraction of sp³-hybridized carbons (Fsp3) is 0.250. The molecule has 0 aliphatic rings. The number of carbonyl (C=O) groups is 1. The largest absolute Gasteiger partial charge is 0.484 e. The second-order valence-corrected chi connectivity index (χ2v) is 6.98.